The zero-order chi connectivity index (χ0) is 21.5. The molecule has 0 spiro atoms. The summed E-state index contributed by atoms with van der Waals surface area (Å²) in [6.07, 6.45) is 3.77. The molecule has 30 heavy (non-hydrogen) atoms. The number of alkyl halides is 1. The Bertz CT molecular complexity index is 1010. The normalized spacial score (nSPS) is 10.9. The van der Waals surface area contributed by atoms with Crippen LogP contribution in [0.2, 0.25) is 0 Å². The van der Waals surface area contributed by atoms with Crippen molar-refractivity contribution >= 4 is 40.3 Å². The molecule has 7 heteroatoms. The number of furan rings is 1. The van der Waals surface area contributed by atoms with E-state index >= 15 is 0 Å². The molecule has 1 aromatic heterocycles. The summed E-state index contributed by atoms with van der Waals surface area (Å²) in [5.74, 6) is 2.45. The molecule has 2 aromatic carbocycles. The highest BCUT2D eigenvalue weighted by molar-refractivity contribution is 7.99. The Balaban J connectivity index is 1.94. The second kappa shape index (κ2) is 10.6. The van der Waals surface area contributed by atoms with Gasteiger partial charge in [0.2, 0.25) is 0 Å². The van der Waals surface area contributed by atoms with Crippen molar-refractivity contribution in [1.82, 2.24) is 0 Å². The van der Waals surface area contributed by atoms with Crippen molar-refractivity contribution in [3.8, 4) is 22.8 Å². The molecule has 0 N–H and O–H groups in total. The number of thioether (sulfide) groups is 1. The lowest BCUT2D eigenvalue weighted by molar-refractivity contribution is -0.140. The van der Waals surface area contributed by atoms with Gasteiger partial charge in [-0.1, -0.05) is 6.07 Å². The Hall–Kier alpha value is -2.31. The molecule has 3 aromatic rings. The highest BCUT2D eigenvalue weighted by atomic mass is 35.5. The highest BCUT2D eigenvalue weighted by Gasteiger charge is 2.18. The first-order chi connectivity index (χ1) is 14.6. The van der Waals surface area contributed by atoms with E-state index in [-0.39, 0.29) is 5.97 Å². The van der Waals surface area contributed by atoms with Gasteiger partial charge in [0.05, 0.1) is 25.7 Å². The van der Waals surface area contributed by atoms with E-state index in [9.17, 15) is 4.79 Å². The number of methoxy groups -OCH3 is 2. The van der Waals surface area contributed by atoms with E-state index in [1.807, 2.05) is 36.6 Å². The summed E-state index contributed by atoms with van der Waals surface area (Å²) < 4.78 is 22.2. The van der Waals surface area contributed by atoms with Crippen LogP contribution in [0, 0.1) is 0 Å². The largest absolute Gasteiger partial charge is 0.493 e. The van der Waals surface area contributed by atoms with Gasteiger partial charge in [0.25, 0.3) is 0 Å². The monoisotopic (exact) mass is 448 g/mol. The second-order valence-corrected chi connectivity index (χ2v) is 7.82. The first-order valence-corrected chi connectivity index (χ1v) is 11.4. The molecule has 0 atom stereocenters. The topological polar surface area (TPSA) is 57.9 Å². The number of carbonyl (C=O) groups excluding carboxylic acids is 1. The maximum Gasteiger partial charge on any atom is 0.305 e. The third kappa shape index (κ3) is 5.05. The average Bonchev–Trinajstić information content (AvgIpc) is 3.15. The van der Waals surface area contributed by atoms with Crippen molar-refractivity contribution in [2.45, 2.75) is 24.2 Å². The van der Waals surface area contributed by atoms with Gasteiger partial charge >= 0.3 is 5.97 Å². The van der Waals surface area contributed by atoms with Crippen molar-refractivity contribution in [1.29, 1.82) is 0 Å². The van der Waals surface area contributed by atoms with Crippen molar-refractivity contribution in [3.63, 3.8) is 0 Å². The number of fused-ring (bicyclic) bond motifs is 1. The summed E-state index contributed by atoms with van der Waals surface area (Å²) in [4.78, 5) is 12.5. The van der Waals surface area contributed by atoms with Gasteiger partial charge in [0, 0.05) is 23.3 Å². The predicted octanol–water partition coefficient (Wildman–Crippen LogP) is 5.94. The number of halogens is 1. The average molecular weight is 449 g/mol. The Morgan fingerprint density at radius 3 is 2.67 bits per heavy atom. The Kier molecular flexibility index (Phi) is 7.94. The van der Waals surface area contributed by atoms with Gasteiger partial charge < -0.3 is 18.6 Å². The second-order valence-electron chi connectivity index (χ2n) is 6.63. The molecule has 0 aliphatic heterocycles. The molecule has 0 amide bonds. The van der Waals surface area contributed by atoms with Crippen LogP contribution in [0.15, 0.2) is 45.7 Å². The van der Waals surface area contributed by atoms with Gasteiger partial charge in [-0.05, 0) is 55.0 Å². The Morgan fingerprint density at radius 1 is 1.13 bits per heavy atom. The summed E-state index contributed by atoms with van der Waals surface area (Å²) in [6, 6.07) is 11.8. The molecule has 1 heterocycles. The fourth-order valence-corrected chi connectivity index (χ4v) is 4.02. The molecule has 0 saturated heterocycles. The van der Waals surface area contributed by atoms with E-state index in [0.29, 0.717) is 36.8 Å². The van der Waals surface area contributed by atoms with E-state index in [4.69, 9.17) is 30.2 Å². The van der Waals surface area contributed by atoms with E-state index in [1.165, 1.54) is 7.11 Å². The van der Waals surface area contributed by atoms with E-state index in [0.717, 1.165) is 39.2 Å². The molecule has 0 aliphatic carbocycles. The molecule has 5 nitrogen and oxygen atoms in total. The maximum absolute atomic E-state index is 11.5. The van der Waals surface area contributed by atoms with Crippen LogP contribution < -0.4 is 9.47 Å². The number of esters is 1. The lowest BCUT2D eigenvalue weighted by Gasteiger charge is -2.11. The molecule has 0 aliphatic rings. The molecular weight excluding hydrogens is 424 g/mol. The standard InChI is InChI=1S/C23H25ClO5S/c1-26-20-14-16(7-9-19(20)28-12-4-11-24)22-23(30-3)17-13-15(5-8-18(17)29-22)6-10-21(25)27-2/h5,7-9,13-14H,4,6,10-12H2,1-3H3. The predicted molar refractivity (Wildman–Crippen MR) is 121 cm³/mol. The first-order valence-electron chi connectivity index (χ1n) is 9.64. The lowest BCUT2D eigenvalue weighted by Crippen LogP contribution is -2.01. The first kappa shape index (κ1) is 22.4. The zero-order valence-corrected chi connectivity index (χ0v) is 18.9. The van der Waals surface area contributed by atoms with Crippen molar-refractivity contribution in [3.05, 3.63) is 42.0 Å². The lowest BCUT2D eigenvalue weighted by atomic mass is 10.1. The van der Waals surface area contributed by atoms with Crippen LogP contribution in [-0.2, 0) is 16.0 Å². The maximum atomic E-state index is 11.5. The van der Waals surface area contributed by atoms with Gasteiger partial charge in [-0.2, -0.15) is 0 Å². The van der Waals surface area contributed by atoms with Crippen LogP contribution in [0.3, 0.4) is 0 Å². The van der Waals surface area contributed by atoms with Crippen molar-refractivity contribution < 1.29 is 23.4 Å². The van der Waals surface area contributed by atoms with E-state index in [1.54, 1.807) is 18.9 Å². The van der Waals surface area contributed by atoms with Gasteiger partial charge in [-0.25, -0.2) is 0 Å². The molecule has 0 unspecified atom stereocenters. The minimum absolute atomic E-state index is 0.214. The molecule has 0 saturated carbocycles. The fraction of sp³-hybridized carbons (Fsp3) is 0.348. The van der Waals surface area contributed by atoms with Gasteiger partial charge in [0.1, 0.15) is 11.3 Å². The summed E-state index contributed by atoms with van der Waals surface area (Å²) in [5.41, 5.74) is 2.78. The number of aryl methyl sites for hydroxylation is 1. The number of rotatable bonds is 10. The van der Waals surface area contributed by atoms with Gasteiger partial charge in [-0.3, -0.25) is 4.79 Å². The molecule has 3 rings (SSSR count). The number of carbonyl (C=O) groups is 1. The summed E-state index contributed by atoms with van der Waals surface area (Å²) in [6.45, 7) is 0.536. The van der Waals surface area contributed by atoms with Crippen molar-refractivity contribution in [2.24, 2.45) is 0 Å². The third-order valence-corrected chi connectivity index (χ3v) is 5.80. The SMILES string of the molecule is COC(=O)CCc1ccc2oc(-c3ccc(OCCCCl)c(OC)c3)c(SC)c2c1. The zero-order valence-electron chi connectivity index (χ0n) is 17.3. The molecule has 160 valence electrons. The van der Waals surface area contributed by atoms with Crippen molar-refractivity contribution in [2.75, 3.05) is 33.0 Å². The minimum Gasteiger partial charge on any atom is -0.493 e. The quantitative estimate of drug-likeness (QED) is 0.165. The van der Waals surface area contributed by atoms with Gasteiger partial charge in [-0.15, -0.1) is 23.4 Å². The van der Waals surface area contributed by atoms with Crippen LogP contribution in [-0.4, -0.2) is 38.9 Å². The fourth-order valence-electron chi connectivity index (χ4n) is 3.18. The number of ether oxygens (including phenoxy) is 3. The minimum atomic E-state index is -0.214. The van der Waals surface area contributed by atoms with Crippen LogP contribution in [0.25, 0.3) is 22.3 Å². The van der Waals surface area contributed by atoms with E-state index < -0.39 is 0 Å². The van der Waals surface area contributed by atoms with Gasteiger partial charge in [0.15, 0.2) is 11.5 Å². The third-order valence-electron chi connectivity index (χ3n) is 4.72. The summed E-state index contributed by atoms with van der Waals surface area (Å²) >= 11 is 7.35. The van der Waals surface area contributed by atoms with Crippen LogP contribution in [0.4, 0.5) is 0 Å². The molecule has 0 radical (unpaired) electrons. The molecule has 0 fully saturated rings. The summed E-state index contributed by atoms with van der Waals surface area (Å²) in [5, 5.41) is 1.03. The highest BCUT2D eigenvalue weighted by Crippen LogP contribution is 2.42. The molecular formula is C23H25ClO5S. The number of hydrogen-bond donors (Lipinski definition) is 0. The van der Waals surface area contributed by atoms with Crippen LogP contribution >= 0.6 is 23.4 Å². The Labute approximate surface area is 185 Å². The smallest absolute Gasteiger partial charge is 0.305 e. The molecule has 0 bridgehead atoms. The Morgan fingerprint density at radius 2 is 1.97 bits per heavy atom. The number of benzene rings is 2. The summed E-state index contributed by atoms with van der Waals surface area (Å²) in [7, 11) is 3.03. The number of hydrogen-bond acceptors (Lipinski definition) is 6. The van der Waals surface area contributed by atoms with Crippen LogP contribution in [0.1, 0.15) is 18.4 Å². The van der Waals surface area contributed by atoms with E-state index in [2.05, 4.69) is 6.07 Å². The van der Waals surface area contributed by atoms with Crippen LogP contribution in [0.5, 0.6) is 11.5 Å².